The summed E-state index contributed by atoms with van der Waals surface area (Å²) in [7, 11) is 0. The zero-order valence-electron chi connectivity index (χ0n) is 11.4. The van der Waals surface area contributed by atoms with Crippen LogP contribution in [0.2, 0.25) is 0 Å². The van der Waals surface area contributed by atoms with Gasteiger partial charge in [-0.3, -0.25) is 4.79 Å². The van der Waals surface area contributed by atoms with Crippen molar-refractivity contribution in [2.75, 3.05) is 11.9 Å². The number of anilines is 1. The van der Waals surface area contributed by atoms with Crippen LogP contribution >= 0.6 is 15.9 Å². The molecule has 5 nitrogen and oxygen atoms in total. The molecule has 2 rings (SSSR count). The van der Waals surface area contributed by atoms with E-state index in [0.29, 0.717) is 18.5 Å². The van der Waals surface area contributed by atoms with Gasteiger partial charge in [-0.25, -0.2) is 4.79 Å². The molecular formula is C14H17BrN2O3. The van der Waals surface area contributed by atoms with Crippen molar-refractivity contribution in [3.8, 4) is 0 Å². The Kier molecular flexibility index (Phi) is 4.04. The summed E-state index contributed by atoms with van der Waals surface area (Å²) in [6.45, 7) is 4.07. The number of urea groups is 1. The molecule has 1 saturated carbocycles. The van der Waals surface area contributed by atoms with Gasteiger partial charge >= 0.3 is 12.0 Å². The van der Waals surface area contributed by atoms with Crippen LogP contribution in [0.15, 0.2) is 16.6 Å². The lowest BCUT2D eigenvalue weighted by Gasteiger charge is -2.13. The lowest BCUT2D eigenvalue weighted by Crippen LogP contribution is -2.36. The van der Waals surface area contributed by atoms with E-state index in [-0.39, 0.29) is 12.6 Å². The van der Waals surface area contributed by atoms with E-state index in [1.54, 1.807) is 0 Å². The number of amides is 2. The van der Waals surface area contributed by atoms with Crippen LogP contribution in [0.25, 0.3) is 0 Å². The molecule has 0 spiro atoms. The molecule has 1 aromatic rings. The zero-order valence-corrected chi connectivity index (χ0v) is 13.0. The Morgan fingerprint density at radius 3 is 2.30 bits per heavy atom. The van der Waals surface area contributed by atoms with E-state index < -0.39 is 11.4 Å². The van der Waals surface area contributed by atoms with Gasteiger partial charge in [0.2, 0.25) is 0 Å². The van der Waals surface area contributed by atoms with Gasteiger partial charge in [0.05, 0.1) is 5.41 Å². The third-order valence-corrected chi connectivity index (χ3v) is 4.84. The Morgan fingerprint density at radius 1 is 1.30 bits per heavy atom. The molecule has 0 radical (unpaired) electrons. The van der Waals surface area contributed by atoms with E-state index in [0.717, 1.165) is 15.6 Å². The zero-order chi connectivity index (χ0) is 14.9. The molecular weight excluding hydrogens is 324 g/mol. The van der Waals surface area contributed by atoms with Crippen LogP contribution in [0.1, 0.15) is 24.0 Å². The highest BCUT2D eigenvalue weighted by atomic mass is 79.9. The van der Waals surface area contributed by atoms with Crippen molar-refractivity contribution >= 4 is 33.6 Å². The molecule has 2 amide bonds. The van der Waals surface area contributed by atoms with E-state index in [2.05, 4.69) is 26.6 Å². The lowest BCUT2D eigenvalue weighted by molar-refractivity contribution is -0.143. The van der Waals surface area contributed by atoms with E-state index in [4.69, 9.17) is 5.11 Å². The number of carboxylic acid groups (broad SMARTS) is 1. The Labute approximate surface area is 125 Å². The third kappa shape index (κ3) is 3.12. The maximum Gasteiger partial charge on any atom is 0.319 e. The first-order valence-corrected chi connectivity index (χ1v) is 7.18. The third-order valence-electron chi connectivity index (χ3n) is 3.59. The van der Waals surface area contributed by atoms with Gasteiger partial charge in [0.25, 0.3) is 0 Å². The maximum atomic E-state index is 11.8. The average molecular weight is 341 g/mol. The highest BCUT2D eigenvalue weighted by molar-refractivity contribution is 9.10. The monoisotopic (exact) mass is 340 g/mol. The van der Waals surface area contributed by atoms with Crippen molar-refractivity contribution in [1.82, 2.24) is 5.32 Å². The van der Waals surface area contributed by atoms with Crippen LogP contribution in [0.3, 0.4) is 0 Å². The molecule has 0 unspecified atom stereocenters. The van der Waals surface area contributed by atoms with Crippen LogP contribution in [0.5, 0.6) is 0 Å². The number of aliphatic carboxylic acids is 1. The van der Waals surface area contributed by atoms with Gasteiger partial charge in [-0.05, 0) is 49.9 Å². The largest absolute Gasteiger partial charge is 0.481 e. The standard InChI is InChI=1S/C14H17BrN2O3/c1-8-5-10(6-9(2)11(8)15)17-13(20)16-7-14(3-4-14)12(18)19/h5-6H,3-4,7H2,1-2H3,(H,18,19)(H2,16,17,20). The number of hydrogen-bond donors (Lipinski definition) is 3. The van der Waals surface area contributed by atoms with Crippen LogP contribution in [0, 0.1) is 19.3 Å². The molecule has 0 bridgehead atoms. The molecule has 20 heavy (non-hydrogen) atoms. The summed E-state index contributed by atoms with van der Waals surface area (Å²) < 4.78 is 1.02. The normalized spacial score (nSPS) is 15.6. The van der Waals surface area contributed by atoms with Crippen molar-refractivity contribution in [2.24, 2.45) is 5.41 Å². The van der Waals surface area contributed by atoms with Gasteiger partial charge in [0.1, 0.15) is 0 Å². The minimum Gasteiger partial charge on any atom is -0.481 e. The van der Waals surface area contributed by atoms with Crippen LogP contribution < -0.4 is 10.6 Å². The summed E-state index contributed by atoms with van der Waals surface area (Å²) in [5, 5.41) is 14.4. The van der Waals surface area contributed by atoms with E-state index in [1.807, 2.05) is 26.0 Å². The van der Waals surface area contributed by atoms with E-state index in [1.165, 1.54) is 0 Å². The van der Waals surface area contributed by atoms with E-state index >= 15 is 0 Å². The van der Waals surface area contributed by atoms with Gasteiger partial charge < -0.3 is 15.7 Å². The first kappa shape index (κ1) is 14.8. The van der Waals surface area contributed by atoms with Crippen LogP contribution in [0.4, 0.5) is 10.5 Å². The van der Waals surface area contributed by atoms with Crippen molar-refractivity contribution in [2.45, 2.75) is 26.7 Å². The number of halogens is 1. The molecule has 1 aliphatic carbocycles. The van der Waals surface area contributed by atoms with Crippen molar-refractivity contribution in [3.63, 3.8) is 0 Å². The first-order chi connectivity index (χ1) is 9.34. The summed E-state index contributed by atoms with van der Waals surface area (Å²) in [5.74, 6) is -0.840. The number of carboxylic acids is 1. The summed E-state index contributed by atoms with van der Waals surface area (Å²) in [4.78, 5) is 22.8. The number of nitrogens with one attached hydrogen (secondary N) is 2. The number of benzene rings is 1. The van der Waals surface area contributed by atoms with E-state index in [9.17, 15) is 9.59 Å². The summed E-state index contributed by atoms with van der Waals surface area (Å²) >= 11 is 3.47. The second-order valence-corrected chi connectivity index (χ2v) is 6.11. The number of carbonyl (C=O) groups is 2. The Morgan fingerprint density at radius 2 is 1.85 bits per heavy atom. The smallest absolute Gasteiger partial charge is 0.319 e. The number of aryl methyl sites for hydroxylation is 2. The highest BCUT2D eigenvalue weighted by Crippen LogP contribution is 2.45. The molecule has 3 N–H and O–H groups in total. The second kappa shape index (κ2) is 5.44. The fourth-order valence-electron chi connectivity index (χ4n) is 2.06. The molecule has 0 atom stereocenters. The number of carbonyl (C=O) groups excluding carboxylic acids is 1. The number of rotatable bonds is 4. The average Bonchev–Trinajstić information content (AvgIpc) is 3.14. The predicted octanol–water partition coefficient (Wildman–Crippen LogP) is 3.05. The molecule has 1 fully saturated rings. The van der Waals surface area contributed by atoms with Crippen LogP contribution in [-0.2, 0) is 4.79 Å². The predicted molar refractivity (Wildman–Crippen MR) is 79.9 cm³/mol. The molecule has 1 aliphatic rings. The molecule has 0 heterocycles. The molecule has 6 heteroatoms. The highest BCUT2D eigenvalue weighted by Gasteiger charge is 2.50. The van der Waals surface area contributed by atoms with Gasteiger partial charge in [0, 0.05) is 16.7 Å². The van der Waals surface area contributed by atoms with Crippen molar-refractivity contribution in [1.29, 1.82) is 0 Å². The molecule has 0 aromatic heterocycles. The van der Waals surface area contributed by atoms with Gasteiger partial charge in [-0.15, -0.1) is 0 Å². The summed E-state index contributed by atoms with van der Waals surface area (Å²) in [6.07, 6.45) is 1.25. The first-order valence-electron chi connectivity index (χ1n) is 6.39. The van der Waals surface area contributed by atoms with Gasteiger partial charge in [-0.2, -0.15) is 0 Å². The van der Waals surface area contributed by atoms with Crippen LogP contribution in [-0.4, -0.2) is 23.7 Å². The molecule has 0 aliphatic heterocycles. The molecule has 1 aromatic carbocycles. The number of hydrogen-bond acceptors (Lipinski definition) is 2. The Bertz CT molecular complexity index is 545. The summed E-state index contributed by atoms with van der Waals surface area (Å²) in [5.41, 5.74) is 2.01. The van der Waals surface area contributed by atoms with Gasteiger partial charge in [0.15, 0.2) is 0 Å². The SMILES string of the molecule is Cc1cc(NC(=O)NCC2(C(=O)O)CC2)cc(C)c1Br. The minimum absolute atomic E-state index is 0.169. The van der Waals surface area contributed by atoms with Crippen molar-refractivity contribution < 1.29 is 14.7 Å². The molecule has 108 valence electrons. The molecule has 0 saturated heterocycles. The summed E-state index contributed by atoms with van der Waals surface area (Å²) in [6, 6.07) is 3.35. The lowest BCUT2D eigenvalue weighted by atomic mass is 10.1. The minimum atomic E-state index is -0.840. The Balaban J connectivity index is 1.94. The van der Waals surface area contributed by atoms with Gasteiger partial charge in [-0.1, -0.05) is 15.9 Å². The van der Waals surface area contributed by atoms with Crippen molar-refractivity contribution in [3.05, 3.63) is 27.7 Å². The Hall–Kier alpha value is -1.56. The fraction of sp³-hybridized carbons (Fsp3) is 0.429. The fourth-order valence-corrected chi connectivity index (χ4v) is 2.29. The quantitative estimate of drug-likeness (QED) is 0.788. The second-order valence-electron chi connectivity index (χ2n) is 5.32. The topological polar surface area (TPSA) is 78.4 Å². The maximum absolute atomic E-state index is 11.8.